The summed E-state index contributed by atoms with van der Waals surface area (Å²) in [5, 5.41) is 4.52. The molecule has 2 heterocycles. The van der Waals surface area contributed by atoms with Crippen molar-refractivity contribution in [2.24, 2.45) is 0 Å². The molecule has 0 aliphatic carbocycles. The van der Waals surface area contributed by atoms with Gasteiger partial charge in [-0.3, -0.25) is 9.51 Å². The molecule has 2 aromatic heterocycles. The third-order valence-electron chi connectivity index (χ3n) is 4.61. The third kappa shape index (κ3) is 4.56. The molecule has 0 fully saturated rings. The Kier molecular flexibility index (Phi) is 5.83. The van der Waals surface area contributed by atoms with E-state index in [2.05, 4.69) is 19.6 Å². The summed E-state index contributed by atoms with van der Waals surface area (Å²) in [5.74, 6) is 0.00888. The van der Waals surface area contributed by atoms with Crippen molar-refractivity contribution in [1.82, 2.24) is 15.1 Å². The van der Waals surface area contributed by atoms with Gasteiger partial charge in [0, 0.05) is 11.1 Å². The summed E-state index contributed by atoms with van der Waals surface area (Å²) in [6.45, 7) is 3.66. The fraction of sp³-hybridized carbons (Fsp3) is 0.190. The van der Waals surface area contributed by atoms with Crippen LogP contribution in [0, 0.1) is 6.92 Å². The molecule has 0 spiro atoms. The molecule has 11 heteroatoms. The Morgan fingerprint density at radius 3 is 2.50 bits per heavy atom. The SMILES string of the molecule is Cc1nc(-c2ccc(C(F)(F)F)cc2)sc1C(C)Oc1ccc(-c2noc(=O)[nH]2)c(Cl)c1. The molecule has 0 radical (unpaired) electrons. The summed E-state index contributed by atoms with van der Waals surface area (Å²) >= 11 is 7.64. The summed E-state index contributed by atoms with van der Waals surface area (Å²) in [6, 6.07) is 9.80. The van der Waals surface area contributed by atoms with Crippen LogP contribution in [-0.4, -0.2) is 15.1 Å². The van der Waals surface area contributed by atoms with Crippen LogP contribution in [0.4, 0.5) is 13.2 Å². The zero-order valence-electron chi connectivity index (χ0n) is 16.7. The van der Waals surface area contributed by atoms with Crippen LogP contribution in [0.2, 0.25) is 5.02 Å². The first-order valence-electron chi connectivity index (χ1n) is 9.29. The number of nitrogens with zero attached hydrogens (tertiary/aromatic N) is 2. The van der Waals surface area contributed by atoms with E-state index >= 15 is 0 Å². The number of ether oxygens (including phenoxy) is 1. The van der Waals surface area contributed by atoms with Crippen molar-refractivity contribution in [3.8, 4) is 27.7 Å². The molecule has 4 aromatic rings. The molecule has 0 amide bonds. The average molecular weight is 482 g/mol. The third-order valence-corrected chi connectivity index (χ3v) is 6.29. The predicted octanol–water partition coefficient (Wildman–Crippen LogP) is 6.27. The van der Waals surface area contributed by atoms with Gasteiger partial charge in [0.1, 0.15) is 16.9 Å². The highest BCUT2D eigenvalue weighted by Gasteiger charge is 2.30. The Labute approximate surface area is 188 Å². The fourth-order valence-electron chi connectivity index (χ4n) is 3.08. The largest absolute Gasteiger partial charge is 0.485 e. The Morgan fingerprint density at radius 2 is 1.91 bits per heavy atom. The van der Waals surface area contributed by atoms with Crippen molar-refractivity contribution in [1.29, 1.82) is 0 Å². The summed E-state index contributed by atoms with van der Waals surface area (Å²) in [6.07, 6.45) is -4.77. The van der Waals surface area contributed by atoms with Crippen molar-refractivity contribution in [2.75, 3.05) is 0 Å². The van der Waals surface area contributed by atoms with Crippen molar-refractivity contribution in [2.45, 2.75) is 26.1 Å². The van der Waals surface area contributed by atoms with Crippen LogP contribution in [0.15, 0.2) is 51.8 Å². The van der Waals surface area contributed by atoms with Gasteiger partial charge >= 0.3 is 11.9 Å². The number of aromatic nitrogens is 3. The van der Waals surface area contributed by atoms with Crippen LogP contribution in [0.25, 0.3) is 22.0 Å². The zero-order chi connectivity index (χ0) is 23.0. The topological polar surface area (TPSA) is 81.0 Å². The first-order chi connectivity index (χ1) is 15.1. The van der Waals surface area contributed by atoms with Gasteiger partial charge in [-0.2, -0.15) is 13.2 Å². The molecular weight excluding hydrogens is 467 g/mol. The molecule has 1 atom stereocenters. The normalized spacial score (nSPS) is 12.7. The van der Waals surface area contributed by atoms with Crippen LogP contribution in [-0.2, 0) is 6.18 Å². The molecule has 0 aliphatic heterocycles. The summed E-state index contributed by atoms with van der Waals surface area (Å²) in [5.41, 5.74) is 1.09. The number of thiazole rings is 1. The first-order valence-corrected chi connectivity index (χ1v) is 10.5. The smallest absolute Gasteiger partial charge is 0.439 e. The molecule has 166 valence electrons. The maximum Gasteiger partial charge on any atom is 0.439 e. The minimum Gasteiger partial charge on any atom is -0.485 e. The van der Waals surface area contributed by atoms with E-state index in [1.54, 1.807) is 18.2 Å². The van der Waals surface area contributed by atoms with Crippen LogP contribution in [0.1, 0.15) is 29.2 Å². The first kappa shape index (κ1) is 22.1. The van der Waals surface area contributed by atoms with Gasteiger partial charge in [-0.05, 0) is 44.2 Å². The number of aromatic amines is 1. The minimum atomic E-state index is -4.38. The number of H-pyrrole nitrogens is 1. The number of hydrogen-bond acceptors (Lipinski definition) is 6. The van der Waals surface area contributed by atoms with Crippen molar-refractivity contribution >= 4 is 22.9 Å². The number of alkyl halides is 3. The number of halogens is 4. The molecular formula is C21H15ClF3N3O3S. The van der Waals surface area contributed by atoms with E-state index in [0.29, 0.717) is 26.9 Å². The molecule has 1 N–H and O–H groups in total. The number of benzene rings is 2. The van der Waals surface area contributed by atoms with E-state index in [9.17, 15) is 18.0 Å². The van der Waals surface area contributed by atoms with Crippen LogP contribution in [0.5, 0.6) is 5.75 Å². The van der Waals surface area contributed by atoms with Crippen molar-refractivity contribution < 1.29 is 22.4 Å². The summed E-state index contributed by atoms with van der Waals surface area (Å²) < 4.78 is 48.9. The molecule has 0 aliphatic rings. The van der Waals surface area contributed by atoms with Gasteiger partial charge < -0.3 is 4.74 Å². The lowest BCUT2D eigenvalue weighted by molar-refractivity contribution is -0.137. The van der Waals surface area contributed by atoms with Gasteiger partial charge in [0.25, 0.3) is 0 Å². The molecule has 0 saturated carbocycles. The Hall–Kier alpha value is -3.11. The maximum atomic E-state index is 12.8. The quantitative estimate of drug-likeness (QED) is 0.363. The van der Waals surface area contributed by atoms with E-state index in [0.717, 1.165) is 22.7 Å². The Morgan fingerprint density at radius 1 is 1.19 bits per heavy atom. The van der Waals surface area contributed by atoms with Crippen LogP contribution >= 0.6 is 22.9 Å². The van der Waals surface area contributed by atoms with Crippen molar-refractivity contribution in [3.05, 3.63) is 74.2 Å². The average Bonchev–Trinajstić information content (AvgIpc) is 3.33. The van der Waals surface area contributed by atoms with E-state index in [1.807, 2.05) is 13.8 Å². The number of aryl methyl sites for hydroxylation is 1. The van der Waals surface area contributed by atoms with Crippen LogP contribution in [0.3, 0.4) is 0 Å². The van der Waals surface area contributed by atoms with Crippen LogP contribution < -0.4 is 10.5 Å². The molecule has 0 saturated heterocycles. The van der Waals surface area contributed by atoms with Gasteiger partial charge in [0.2, 0.25) is 0 Å². The van der Waals surface area contributed by atoms with E-state index in [4.69, 9.17) is 16.3 Å². The molecule has 32 heavy (non-hydrogen) atoms. The molecule has 4 rings (SSSR count). The summed E-state index contributed by atoms with van der Waals surface area (Å²) in [4.78, 5) is 18.9. The predicted molar refractivity (Wildman–Crippen MR) is 114 cm³/mol. The second-order valence-corrected chi connectivity index (χ2v) is 8.33. The van der Waals surface area contributed by atoms with Gasteiger partial charge in [0.15, 0.2) is 5.82 Å². The Bertz CT molecular complexity index is 1310. The van der Waals surface area contributed by atoms with Gasteiger partial charge in [-0.25, -0.2) is 9.78 Å². The number of rotatable bonds is 5. The zero-order valence-corrected chi connectivity index (χ0v) is 18.2. The second kappa shape index (κ2) is 8.44. The molecule has 0 bridgehead atoms. The van der Waals surface area contributed by atoms with E-state index < -0.39 is 17.5 Å². The number of hydrogen-bond donors (Lipinski definition) is 1. The number of nitrogens with one attached hydrogen (secondary N) is 1. The van der Waals surface area contributed by atoms with Gasteiger partial charge in [0.05, 0.1) is 21.2 Å². The lowest BCUT2D eigenvalue weighted by atomic mass is 10.1. The van der Waals surface area contributed by atoms with Gasteiger partial charge in [-0.1, -0.05) is 28.9 Å². The lowest BCUT2D eigenvalue weighted by Crippen LogP contribution is -2.03. The minimum absolute atomic E-state index is 0.207. The molecule has 2 aromatic carbocycles. The molecule has 1 unspecified atom stereocenters. The second-order valence-electron chi connectivity index (χ2n) is 6.89. The summed E-state index contributed by atoms with van der Waals surface area (Å²) in [7, 11) is 0. The van der Waals surface area contributed by atoms with Gasteiger partial charge in [-0.15, -0.1) is 11.3 Å². The fourth-order valence-corrected chi connectivity index (χ4v) is 4.39. The molecule has 6 nitrogen and oxygen atoms in total. The lowest BCUT2D eigenvalue weighted by Gasteiger charge is -2.14. The van der Waals surface area contributed by atoms with Crippen molar-refractivity contribution in [3.63, 3.8) is 0 Å². The highest BCUT2D eigenvalue weighted by atomic mass is 35.5. The highest BCUT2D eigenvalue weighted by Crippen LogP contribution is 2.37. The Balaban J connectivity index is 1.53. The standard InChI is InChI=1S/C21H15ClF3N3O3S/c1-10-17(32-19(26-10)12-3-5-13(6-4-12)21(23,24)25)11(2)30-14-7-8-15(16(22)9-14)18-27-20(29)31-28-18/h3-9,11H,1-2H3,(H,27,28,29). The monoisotopic (exact) mass is 481 g/mol. The van der Waals surface area contributed by atoms with E-state index in [1.165, 1.54) is 23.5 Å². The maximum absolute atomic E-state index is 12.8. The van der Waals surface area contributed by atoms with E-state index in [-0.39, 0.29) is 11.9 Å². The highest BCUT2D eigenvalue weighted by molar-refractivity contribution is 7.15.